The highest BCUT2D eigenvalue weighted by Gasteiger charge is 2.25. The van der Waals surface area contributed by atoms with Crippen LogP contribution in [0.3, 0.4) is 0 Å². The van der Waals surface area contributed by atoms with Gasteiger partial charge < -0.3 is 0 Å². The first kappa shape index (κ1) is 11.2. The van der Waals surface area contributed by atoms with E-state index in [0.29, 0.717) is 5.92 Å². The molecule has 16 heavy (non-hydrogen) atoms. The third kappa shape index (κ3) is 2.27. The van der Waals surface area contributed by atoms with Gasteiger partial charge in [0.15, 0.2) is 0 Å². The predicted molar refractivity (Wildman–Crippen MR) is 66.1 cm³/mol. The number of hydrogen-bond acceptors (Lipinski definition) is 1. The van der Waals surface area contributed by atoms with Crippen molar-refractivity contribution >= 4 is 0 Å². The Morgan fingerprint density at radius 3 is 2.62 bits per heavy atom. The van der Waals surface area contributed by atoms with Gasteiger partial charge in [-0.3, -0.25) is 0 Å². The van der Waals surface area contributed by atoms with E-state index in [1.165, 1.54) is 36.8 Å². The van der Waals surface area contributed by atoms with E-state index in [0.717, 1.165) is 6.42 Å². The molecule has 0 aromatic heterocycles. The molecule has 1 aromatic rings. The number of nitriles is 1. The fraction of sp³-hybridized carbons (Fsp3) is 0.533. The summed E-state index contributed by atoms with van der Waals surface area (Å²) in [7, 11) is 0. The zero-order valence-electron chi connectivity index (χ0n) is 9.95. The highest BCUT2D eigenvalue weighted by atomic mass is 14.3. The van der Waals surface area contributed by atoms with Crippen LogP contribution in [0.15, 0.2) is 24.3 Å². The van der Waals surface area contributed by atoms with E-state index in [-0.39, 0.29) is 5.92 Å². The molecule has 0 radical (unpaired) electrons. The number of nitrogens with zero attached hydrogens (tertiary/aromatic N) is 1. The smallest absolute Gasteiger partial charge is 0.0662 e. The standard InChI is InChI=1S/C15H19N/c1-12-7-5-6-9-14(12)15-10-4-2-3-8-13(15)11-16/h5-7,9,13,15H,2-4,8,10H2,1H3. The summed E-state index contributed by atoms with van der Waals surface area (Å²) in [6.45, 7) is 2.16. The lowest BCUT2D eigenvalue weighted by Crippen LogP contribution is -2.11. The molecule has 0 spiro atoms. The molecule has 1 nitrogen and oxygen atoms in total. The topological polar surface area (TPSA) is 23.8 Å². The summed E-state index contributed by atoms with van der Waals surface area (Å²) in [4.78, 5) is 0. The minimum Gasteiger partial charge on any atom is -0.198 e. The summed E-state index contributed by atoms with van der Waals surface area (Å²) >= 11 is 0. The lowest BCUT2D eigenvalue weighted by atomic mass is 9.81. The zero-order chi connectivity index (χ0) is 11.4. The average Bonchev–Trinajstić information content (AvgIpc) is 2.54. The first-order valence-electron chi connectivity index (χ1n) is 6.28. The molecule has 1 aromatic carbocycles. The molecule has 1 fully saturated rings. The van der Waals surface area contributed by atoms with E-state index in [2.05, 4.69) is 37.3 Å². The minimum absolute atomic E-state index is 0.226. The van der Waals surface area contributed by atoms with Gasteiger partial charge in [-0.05, 0) is 36.8 Å². The number of hydrogen-bond donors (Lipinski definition) is 0. The Bertz CT molecular complexity index is 389. The molecular formula is C15H19N. The fourth-order valence-electron chi connectivity index (χ4n) is 2.84. The van der Waals surface area contributed by atoms with Gasteiger partial charge in [-0.2, -0.15) is 5.26 Å². The Hall–Kier alpha value is -1.29. The van der Waals surface area contributed by atoms with Gasteiger partial charge in [0.1, 0.15) is 0 Å². The largest absolute Gasteiger partial charge is 0.198 e. The zero-order valence-corrected chi connectivity index (χ0v) is 9.95. The Labute approximate surface area is 98.1 Å². The van der Waals surface area contributed by atoms with Crippen LogP contribution in [0.4, 0.5) is 0 Å². The van der Waals surface area contributed by atoms with Crippen molar-refractivity contribution in [2.75, 3.05) is 0 Å². The van der Waals surface area contributed by atoms with E-state index in [4.69, 9.17) is 0 Å². The Morgan fingerprint density at radius 2 is 1.88 bits per heavy atom. The van der Waals surface area contributed by atoms with Gasteiger partial charge in [0.25, 0.3) is 0 Å². The molecule has 1 aliphatic rings. The molecule has 2 atom stereocenters. The second kappa shape index (κ2) is 5.16. The summed E-state index contributed by atoms with van der Waals surface area (Å²) in [5.41, 5.74) is 2.74. The molecule has 1 aliphatic carbocycles. The van der Waals surface area contributed by atoms with Crippen LogP contribution in [0.1, 0.15) is 49.1 Å². The molecule has 2 unspecified atom stereocenters. The first-order chi connectivity index (χ1) is 7.83. The lowest BCUT2D eigenvalue weighted by Gasteiger charge is -2.21. The maximum Gasteiger partial charge on any atom is 0.0662 e. The molecule has 0 bridgehead atoms. The van der Waals surface area contributed by atoms with E-state index in [1.807, 2.05) is 0 Å². The van der Waals surface area contributed by atoms with Gasteiger partial charge in [0, 0.05) is 0 Å². The van der Waals surface area contributed by atoms with Crippen LogP contribution >= 0.6 is 0 Å². The van der Waals surface area contributed by atoms with Crippen LogP contribution in [-0.2, 0) is 0 Å². The third-order valence-corrected chi connectivity index (χ3v) is 3.77. The van der Waals surface area contributed by atoms with Crippen molar-refractivity contribution in [2.24, 2.45) is 5.92 Å². The monoisotopic (exact) mass is 213 g/mol. The maximum atomic E-state index is 9.29. The summed E-state index contributed by atoms with van der Waals surface area (Å²) in [6, 6.07) is 11.1. The van der Waals surface area contributed by atoms with Gasteiger partial charge in [-0.15, -0.1) is 0 Å². The molecule has 0 saturated heterocycles. The second-order valence-electron chi connectivity index (χ2n) is 4.84. The summed E-state index contributed by atoms with van der Waals surface area (Å²) in [5.74, 6) is 0.692. The van der Waals surface area contributed by atoms with E-state index in [9.17, 15) is 5.26 Å². The van der Waals surface area contributed by atoms with Crippen molar-refractivity contribution in [2.45, 2.75) is 44.9 Å². The van der Waals surface area contributed by atoms with Gasteiger partial charge in [0.05, 0.1) is 12.0 Å². The molecule has 2 rings (SSSR count). The van der Waals surface area contributed by atoms with E-state index in [1.54, 1.807) is 0 Å². The number of aryl methyl sites for hydroxylation is 1. The van der Waals surface area contributed by atoms with Crippen LogP contribution in [0, 0.1) is 24.2 Å². The highest BCUT2D eigenvalue weighted by molar-refractivity contribution is 5.30. The Kier molecular flexibility index (Phi) is 3.62. The van der Waals surface area contributed by atoms with E-state index < -0.39 is 0 Å². The summed E-state index contributed by atoms with van der Waals surface area (Å²) in [6.07, 6.45) is 6.05. The van der Waals surface area contributed by atoms with Crippen molar-refractivity contribution in [3.05, 3.63) is 35.4 Å². The minimum atomic E-state index is 0.226. The van der Waals surface area contributed by atoms with Crippen LogP contribution < -0.4 is 0 Å². The normalized spacial score (nSPS) is 25.8. The Morgan fingerprint density at radius 1 is 1.12 bits per heavy atom. The fourth-order valence-corrected chi connectivity index (χ4v) is 2.84. The number of rotatable bonds is 1. The molecular weight excluding hydrogens is 194 g/mol. The summed E-state index contributed by atoms with van der Waals surface area (Å²) < 4.78 is 0. The van der Waals surface area contributed by atoms with Crippen LogP contribution in [0.2, 0.25) is 0 Å². The molecule has 0 N–H and O–H groups in total. The average molecular weight is 213 g/mol. The predicted octanol–water partition coefficient (Wildman–Crippen LogP) is 4.18. The second-order valence-corrected chi connectivity index (χ2v) is 4.84. The van der Waals surface area contributed by atoms with Crippen LogP contribution in [0.5, 0.6) is 0 Å². The molecule has 84 valence electrons. The Balaban J connectivity index is 2.30. The summed E-state index contributed by atoms with van der Waals surface area (Å²) in [5, 5.41) is 9.29. The van der Waals surface area contributed by atoms with Crippen molar-refractivity contribution in [1.29, 1.82) is 5.26 Å². The van der Waals surface area contributed by atoms with Crippen molar-refractivity contribution in [1.82, 2.24) is 0 Å². The first-order valence-corrected chi connectivity index (χ1v) is 6.28. The van der Waals surface area contributed by atoms with Crippen molar-refractivity contribution in [3.8, 4) is 6.07 Å². The van der Waals surface area contributed by atoms with Crippen molar-refractivity contribution < 1.29 is 0 Å². The van der Waals surface area contributed by atoms with Gasteiger partial charge in [-0.1, -0.05) is 43.5 Å². The number of benzene rings is 1. The molecule has 1 saturated carbocycles. The lowest BCUT2D eigenvalue weighted by molar-refractivity contribution is 0.488. The molecule has 0 amide bonds. The van der Waals surface area contributed by atoms with Gasteiger partial charge in [0.2, 0.25) is 0 Å². The maximum absolute atomic E-state index is 9.29. The third-order valence-electron chi connectivity index (χ3n) is 3.77. The van der Waals surface area contributed by atoms with Crippen LogP contribution in [0.25, 0.3) is 0 Å². The van der Waals surface area contributed by atoms with Gasteiger partial charge >= 0.3 is 0 Å². The molecule has 1 heteroatoms. The quantitative estimate of drug-likeness (QED) is 0.642. The van der Waals surface area contributed by atoms with Crippen molar-refractivity contribution in [3.63, 3.8) is 0 Å². The van der Waals surface area contributed by atoms with Gasteiger partial charge in [-0.25, -0.2) is 0 Å². The van der Waals surface area contributed by atoms with E-state index >= 15 is 0 Å². The molecule has 0 aliphatic heterocycles. The van der Waals surface area contributed by atoms with Crippen LogP contribution in [-0.4, -0.2) is 0 Å². The SMILES string of the molecule is Cc1ccccc1C1CCCCCC1C#N. The molecule has 0 heterocycles. The highest BCUT2D eigenvalue weighted by Crippen LogP contribution is 2.37.